The third-order valence-corrected chi connectivity index (χ3v) is 10.3. The van der Waals surface area contributed by atoms with Crippen LogP contribution in [-0.4, -0.2) is 60.5 Å². The first-order valence-electron chi connectivity index (χ1n) is 22.2. The summed E-state index contributed by atoms with van der Waals surface area (Å²) in [7, 11) is -4.40. The van der Waals surface area contributed by atoms with Gasteiger partial charge in [-0.3, -0.25) is 18.6 Å². The molecule has 4 N–H and O–H groups in total. The fourth-order valence-electron chi connectivity index (χ4n) is 5.97. The molecule has 0 spiro atoms. The average molecular weight is 812 g/mol. The molecule has 0 aromatic carbocycles. The second-order valence-corrected chi connectivity index (χ2v) is 16.2. The highest BCUT2D eigenvalue weighted by Crippen LogP contribution is 2.43. The number of carbonyl (C=O) groups excluding carboxylic acids is 2. The SMILES string of the molecule is CCCCCCCCCCCCCCCCCCCC(=O)O[C@H](COC(=O)CCC/C=C\C/C=C\C/C=C\C=C\[C@H](O)CCCCC)COP(=O)(O)OCCN. The number of phosphoric acid groups is 1. The summed E-state index contributed by atoms with van der Waals surface area (Å²) in [5.74, 6) is -0.917. The zero-order valence-corrected chi connectivity index (χ0v) is 36.4. The molecule has 326 valence electrons. The highest BCUT2D eigenvalue weighted by molar-refractivity contribution is 7.47. The van der Waals surface area contributed by atoms with E-state index in [0.29, 0.717) is 19.3 Å². The second-order valence-electron chi connectivity index (χ2n) is 14.8. The predicted molar refractivity (Wildman–Crippen MR) is 230 cm³/mol. The molecule has 0 fully saturated rings. The van der Waals surface area contributed by atoms with Gasteiger partial charge in [-0.2, -0.15) is 0 Å². The smallest absolute Gasteiger partial charge is 0.462 e. The minimum atomic E-state index is -4.40. The Balaban J connectivity index is 4.26. The first-order chi connectivity index (χ1) is 27.2. The second kappa shape index (κ2) is 41.1. The quantitative estimate of drug-likeness (QED) is 0.0179. The van der Waals surface area contributed by atoms with Crippen LogP contribution in [0.3, 0.4) is 0 Å². The molecule has 56 heavy (non-hydrogen) atoms. The number of hydrogen-bond acceptors (Lipinski definition) is 9. The number of rotatable bonds is 41. The summed E-state index contributed by atoms with van der Waals surface area (Å²) in [6.45, 7) is 3.54. The molecule has 10 nitrogen and oxygen atoms in total. The largest absolute Gasteiger partial charge is 0.472 e. The van der Waals surface area contributed by atoms with E-state index in [1.807, 2.05) is 36.5 Å². The van der Waals surface area contributed by atoms with Gasteiger partial charge < -0.3 is 25.2 Å². The average Bonchev–Trinajstić information content (AvgIpc) is 3.18. The molecule has 0 saturated heterocycles. The van der Waals surface area contributed by atoms with E-state index in [4.69, 9.17) is 24.3 Å². The van der Waals surface area contributed by atoms with E-state index >= 15 is 0 Å². The number of esters is 2. The Kier molecular flexibility index (Phi) is 39.6. The first kappa shape index (κ1) is 53.9. The molecular formula is C45H82NO9P. The summed E-state index contributed by atoms with van der Waals surface area (Å²) in [5.41, 5.74) is 5.34. The number of hydrogen-bond donors (Lipinski definition) is 3. The van der Waals surface area contributed by atoms with Gasteiger partial charge in [-0.15, -0.1) is 0 Å². The maximum absolute atomic E-state index is 12.6. The van der Waals surface area contributed by atoms with Crippen LogP contribution in [0.1, 0.15) is 187 Å². The normalized spacial score (nSPS) is 14.3. The van der Waals surface area contributed by atoms with Gasteiger partial charge in [0.2, 0.25) is 0 Å². The van der Waals surface area contributed by atoms with Crippen molar-refractivity contribution in [2.45, 2.75) is 199 Å². The number of phosphoric ester groups is 1. The Hall–Kier alpha value is -2.07. The van der Waals surface area contributed by atoms with E-state index in [0.717, 1.165) is 57.8 Å². The molecule has 0 aliphatic carbocycles. The van der Waals surface area contributed by atoms with Crippen molar-refractivity contribution in [3.8, 4) is 0 Å². The molecule has 0 radical (unpaired) electrons. The minimum absolute atomic E-state index is 0.0389. The highest BCUT2D eigenvalue weighted by Gasteiger charge is 2.26. The van der Waals surface area contributed by atoms with Crippen LogP contribution in [0.2, 0.25) is 0 Å². The van der Waals surface area contributed by atoms with Gasteiger partial charge in [-0.05, 0) is 38.5 Å². The molecule has 0 saturated carbocycles. The molecule has 0 amide bonds. The molecule has 0 bridgehead atoms. The molecule has 1 unspecified atom stereocenters. The lowest BCUT2D eigenvalue weighted by Gasteiger charge is -2.19. The number of aliphatic hydroxyl groups excluding tert-OH is 1. The number of aliphatic hydroxyl groups is 1. The molecule has 0 aromatic rings. The maximum Gasteiger partial charge on any atom is 0.472 e. The van der Waals surface area contributed by atoms with Crippen LogP contribution >= 0.6 is 7.82 Å². The Morgan fingerprint density at radius 3 is 1.73 bits per heavy atom. The molecule has 11 heteroatoms. The molecular weight excluding hydrogens is 729 g/mol. The van der Waals surface area contributed by atoms with Crippen molar-refractivity contribution in [2.24, 2.45) is 5.73 Å². The Morgan fingerprint density at radius 1 is 0.625 bits per heavy atom. The van der Waals surface area contributed by atoms with Crippen molar-refractivity contribution in [3.63, 3.8) is 0 Å². The van der Waals surface area contributed by atoms with Gasteiger partial charge >= 0.3 is 19.8 Å². The standard InChI is InChI=1S/C45H82NO9P/c1-3-5-7-8-9-10-11-12-13-14-15-16-19-23-26-29-33-37-45(49)55-43(41-54-56(50,51)53-39-38-46)40-52-44(48)36-32-28-25-22-20-17-18-21-24-27-31-35-42(47)34-30-6-4-2/h17-18,22,24-25,27,31,35,42-43,47H,3-16,19-21,23,26,28-30,32-34,36-41,46H2,1-2H3,(H,50,51)/b18-17-,25-22-,27-24-,35-31+/t42-,43-/m1/s1. The lowest BCUT2D eigenvalue weighted by atomic mass is 10.0. The zero-order valence-electron chi connectivity index (χ0n) is 35.5. The summed E-state index contributed by atoms with van der Waals surface area (Å²) in [4.78, 5) is 34.9. The summed E-state index contributed by atoms with van der Waals surface area (Å²) >= 11 is 0. The van der Waals surface area contributed by atoms with Crippen LogP contribution in [-0.2, 0) is 32.7 Å². The van der Waals surface area contributed by atoms with Crippen molar-refractivity contribution >= 4 is 19.8 Å². The van der Waals surface area contributed by atoms with Gasteiger partial charge in [-0.25, -0.2) is 4.57 Å². The minimum Gasteiger partial charge on any atom is -0.462 e. The number of nitrogens with two attached hydrogens (primary N) is 1. The Labute approximate surface area is 341 Å². The number of unbranched alkanes of at least 4 members (excludes halogenated alkanes) is 19. The van der Waals surface area contributed by atoms with Crippen molar-refractivity contribution in [3.05, 3.63) is 48.6 Å². The van der Waals surface area contributed by atoms with E-state index < -0.39 is 32.5 Å². The zero-order chi connectivity index (χ0) is 41.2. The van der Waals surface area contributed by atoms with Crippen LogP contribution < -0.4 is 5.73 Å². The maximum atomic E-state index is 12.6. The first-order valence-corrected chi connectivity index (χ1v) is 23.7. The van der Waals surface area contributed by atoms with Crippen molar-refractivity contribution < 1.29 is 42.7 Å². The van der Waals surface area contributed by atoms with E-state index in [1.165, 1.54) is 83.5 Å². The van der Waals surface area contributed by atoms with Crippen molar-refractivity contribution in [1.82, 2.24) is 0 Å². The van der Waals surface area contributed by atoms with Crippen LogP contribution in [0, 0.1) is 0 Å². The summed E-state index contributed by atoms with van der Waals surface area (Å²) in [5, 5.41) is 9.89. The molecule has 0 heterocycles. The molecule has 0 rings (SSSR count). The van der Waals surface area contributed by atoms with Gasteiger partial charge in [0.05, 0.1) is 19.3 Å². The lowest BCUT2D eigenvalue weighted by molar-refractivity contribution is -0.161. The fraction of sp³-hybridized carbons (Fsp3) is 0.778. The third-order valence-electron chi connectivity index (χ3n) is 9.32. The van der Waals surface area contributed by atoms with Gasteiger partial charge in [0.15, 0.2) is 6.10 Å². The molecule has 3 atom stereocenters. The van der Waals surface area contributed by atoms with Gasteiger partial charge in [0.25, 0.3) is 0 Å². The van der Waals surface area contributed by atoms with Gasteiger partial charge in [-0.1, -0.05) is 184 Å². The van der Waals surface area contributed by atoms with Crippen molar-refractivity contribution in [1.29, 1.82) is 0 Å². The van der Waals surface area contributed by atoms with E-state index in [9.17, 15) is 24.2 Å². The molecule has 0 aliphatic rings. The summed E-state index contributed by atoms with van der Waals surface area (Å²) in [6.07, 6.45) is 43.3. The lowest BCUT2D eigenvalue weighted by Crippen LogP contribution is -2.29. The highest BCUT2D eigenvalue weighted by atomic mass is 31.2. The number of ether oxygens (including phenoxy) is 2. The van der Waals surface area contributed by atoms with Crippen LogP contribution in [0.25, 0.3) is 0 Å². The van der Waals surface area contributed by atoms with Crippen LogP contribution in [0.15, 0.2) is 48.6 Å². The Morgan fingerprint density at radius 2 is 1.14 bits per heavy atom. The van der Waals surface area contributed by atoms with Crippen LogP contribution in [0.4, 0.5) is 0 Å². The van der Waals surface area contributed by atoms with Crippen molar-refractivity contribution in [2.75, 3.05) is 26.4 Å². The summed E-state index contributed by atoms with van der Waals surface area (Å²) < 4.78 is 32.7. The van der Waals surface area contributed by atoms with Gasteiger partial charge in [0, 0.05) is 19.4 Å². The molecule has 0 aromatic heterocycles. The van der Waals surface area contributed by atoms with Crippen LogP contribution in [0.5, 0.6) is 0 Å². The fourth-order valence-corrected chi connectivity index (χ4v) is 6.74. The van der Waals surface area contributed by atoms with Gasteiger partial charge in [0.1, 0.15) is 6.61 Å². The number of carbonyl (C=O) groups is 2. The third kappa shape index (κ3) is 40.1. The number of allylic oxidation sites excluding steroid dienone is 7. The predicted octanol–water partition coefficient (Wildman–Crippen LogP) is 11.7. The van der Waals surface area contributed by atoms with E-state index in [-0.39, 0.29) is 38.7 Å². The molecule has 0 aliphatic heterocycles. The summed E-state index contributed by atoms with van der Waals surface area (Å²) in [6, 6.07) is 0. The topological polar surface area (TPSA) is 155 Å². The van der Waals surface area contributed by atoms with E-state index in [1.54, 1.807) is 0 Å². The van der Waals surface area contributed by atoms with E-state index in [2.05, 4.69) is 26.0 Å². The monoisotopic (exact) mass is 812 g/mol. The Bertz CT molecular complexity index is 1080.